The molecule has 0 atom stereocenters. The van der Waals surface area contributed by atoms with Gasteiger partial charge in [0.25, 0.3) is 0 Å². The van der Waals surface area contributed by atoms with E-state index in [-0.39, 0.29) is 54.3 Å². The molecule has 1 heterocycles. The SMILES string of the molecule is CC(C)(C)c1[c-]c(C=Nc2cnccc2N=Cc2cccc(C(C)(C)C)c2O)ccc1.[Ho]. The number of pyridine rings is 1. The van der Waals surface area contributed by atoms with Gasteiger partial charge in [-0.1, -0.05) is 53.7 Å². The zero-order valence-corrected chi connectivity index (χ0v) is 21.4. The van der Waals surface area contributed by atoms with E-state index in [2.05, 4.69) is 68.6 Å². The Morgan fingerprint density at radius 2 is 1.53 bits per heavy atom. The van der Waals surface area contributed by atoms with Crippen molar-refractivity contribution in [3.8, 4) is 5.75 Å². The van der Waals surface area contributed by atoms with E-state index < -0.39 is 0 Å². The van der Waals surface area contributed by atoms with Crippen LogP contribution in [-0.4, -0.2) is 22.5 Å². The van der Waals surface area contributed by atoms with Crippen molar-refractivity contribution in [1.82, 2.24) is 4.98 Å². The molecule has 0 amide bonds. The van der Waals surface area contributed by atoms with E-state index >= 15 is 0 Å². The topological polar surface area (TPSA) is 57.8 Å². The third-order valence-electron chi connectivity index (χ3n) is 4.96. The van der Waals surface area contributed by atoms with Crippen molar-refractivity contribution in [3.63, 3.8) is 0 Å². The van der Waals surface area contributed by atoms with Crippen LogP contribution in [-0.2, 0) is 10.8 Å². The first-order valence-electron chi connectivity index (χ1n) is 10.4. The Morgan fingerprint density at radius 3 is 2.22 bits per heavy atom. The van der Waals surface area contributed by atoms with Crippen molar-refractivity contribution in [2.75, 3.05) is 0 Å². The fraction of sp³-hybridized carbons (Fsp3) is 0.296. The number of phenols is 1. The summed E-state index contributed by atoms with van der Waals surface area (Å²) in [7, 11) is 0. The van der Waals surface area contributed by atoms with Gasteiger partial charge in [0, 0.05) is 55.7 Å². The second-order valence-electron chi connectivity index (χ2n) is 9.64. The molecule has 0 fully saturated rings. The van der Waals surface area contributed by atoms with Gasteiger partial charge in [-0.25, -0.2) is 0 Å². The van der Waals surface area contributed by atoms with Crippen LogP contribution in [0.25, 0.3) is 0 Å². The number of rotatable bonds is 4. The maximum atomic E-state index is 10.7. The fourth-order valence-electron chi connectivity index (χ4n) is 3.14. The molecule has 3 rings (SSSR count). The first-order chi connectivity index (χ1) is 14.6. The van der Waals surface area contributed by atoms with E-state index in [0.717, 1.165) is 16.7 Å². The van der Waals surface area contributed by atoms with Crippen molar-refractivity contribution < 1.29 is 42.8 Å². The van der Waals surface area contributed by atoms with Gasteiger partial charge in [0.15, 0.2) is 0 Å². The number of aliphatic imine (C=N–C) groups is 2. The summed E-state index contributed by atoms with van der Waals surface area (Å²) in [5, 5.41) is 10.7. The number of benzene rings is 2. The Hall–Kier alpha value is -2.01. The number of hydrogen-bond donors (Lipinski definition) is 1. The fourth-order valence-corrected chi connectivity index (χ4v) is 3.14. The molecule has 0 saturated carbocycles. The van der Waals surface area contributed by atoms with Gasteiger partial charge in [-0.15, -0.1) is 35.4 Å². The normalized spacial score (nSPS) is 12.3. The second-order valence-corrected chi connectivity index (χ2v) is 9.64. The predicted molar refractivity (Wildman–Crippen MR) is 130 cm³/mol. The molecule has 0 aliphatic heterocycles. The molecule has 32 heavy (non-hydrogen) atoms. The first kappa shape index (κ1) is 26.2. The number of phenolic OH excluding ortho intramolecular Hbond substituents is 1. The molecule has 0 spiro atoms. The first-order valence-corrected chi connectivity index (χ1v) is 10.4. The quantitative estimate of drug-likeness (QED) is 0.214. The monoisotopic (exact) mass is 577 g/mol. The average Bonchev–Trinajstić information content (AvgIpc) is 2.71. The Bertz CT molecular complexity index is 1120. The molecule has 1 aromatic heterocycles. The van der Waals surface area contributed by atoms with Crippen LogP contribution in [0.15, 0.2) is 64.8 Å². The van der Waals surface area contributed by atoms with Gasteiger partial charge in [0.05, 0.1) is 17.6 Å². The largest absolute Gasteiger partial charge is 0.507 e. The molecule has 1 radical (unpaired) electrons. The van der Waals surface area contributed by atoms with Gasteiger partial charge in [0.2, 0.25) is 0 Å². The minimum Gasteiger partial charge on any atom is -0.507 e. The van der Waals surface area contributed by atoms with Gasteiger partial charge < -0.3 is 10.1 Å². The van der Waals surface area contributed by atoms with Crippen LogP contribution >= 0.6 is 0 Å². The van der Waals surface area contributed by atoms with Crippen LogP contribution in [0.3, 0.4) is 0 Å². The summed E-state index contributed by atoms with van der Waals surface area (Å²) in [6.07, 6.45) is 6.82. The molecule has 0 bridgehead atoms. The maximum Gasteiger partial charge on any atom is 0.128 e. The number of aromatic nitrogens is 1. The van der Waals surface area contributed by atoms with Crippen LogP contribution < -0.4 is 0 Å². The van der Waals surface area contributed by atoms with Gasteiger partial charge in [-0.3, -0.25) is 9.98 Å². The van der Waals surface area contributed by atoms with Crippen LogP contribution in [0.4, 0.5) is 11.4 Å². The van der Waals surface area contributed by atoms with Gasteiger partial charge in [0.1, 0.15) is 5.75 Å². The Labute approximate surface area is 221 Å². The van der Waals surface area contributed by atoms with Crippen LogP contribution in [0.1, 0.15) is 63.8 Å². The molecule has 0 aliphatic carbocycles. The molecule has 5 heteroatoms. The standard InChI is InChI=1S/C27H30N3O.Ho/c1-26(2,3)21-11-7-9-19(15-21)16-29-24-18-28-14-13-23(24)30-17-20-10-8-12-22(25(20)31)27(4,5)6;/h7-14,16-18,31H,1-6H3;/q-1;. The predicted octanol–water partition coefficient (Wildman–Crippen LogP) is 6.68. The molecule has 171 valence electrons. The average molecular weight is 577 g/mol. The van der Waals surface area contributed by atoms with Crippen LogP contribution in [0.2, 0.25) is 0 Å². The molecule has 3 aromatic rings. The molecule has 4 nitrogen and oxygen atoms in total. The van der Waals surface area contributed by atoms with E-state index in [4.69, 9.17) is 0 Å². The van der Waals surface area contributed by atoms with E-state index in [9.17, 15) is 5.11 Å². The van der Waals surface area contributed by atoms with E-state index in [1.165, 1.54) is 0 Å². The van der Waals surface area contributed by atoms with Crippen LogP contribution in [0, 0.1) is 43.8 Å². The van der Waals surface area contributed by atoms with E-state index in [1.807, 2.05) is 36.4 Å². The molecular formula is C27H30HoN3O-. The Morgan fingerprint density at radius 1 is 0.844 bits per heavy atom. The summed E-state index contributed by atoms with van der Waals surface area (Å²) in [6.45, 7) is 12.7. The summed E-state index contributed by atoms with van der Waals surface area (Å²) in [5.41, 5.74) is 4.80. The van der Waals surface area contributed by atoms with Gasteiger partial charge in [-0.05, 0) is 34.7 Å². The second kappa shape index (κ2) is 10.7. The van der Waals surface area contributed by atoms with Crippen molar-refractivity contribution in [3.05, 3.63) is 83.2 Å². The number of nitrogens with zero attached hydrogens (tertiary/aromatic N) is 3. The zero-order chi connectivity index (χ0) is 22.6. The molecule has 1 N–H and O–H groups in total. The summed E-state index contributed by atoms with van der Waals surface area (Å²) in [5.74, 6) is 0.256. The minimum absolute atomic E-state index is 0. The minimum atomic E-state index is -0.155. The molecular weight excluding hydrogens is 547 g/mol. The Kier molecular flexibility index (Phi) is 8.81. The van der Waals surface area contributed by atoms with Gasteiger partial charge in [-0.2, -0.15) is 0 Å². The molecule has 2 aromatic carbocycles. The van der Waals surface area contributed by atoms with Crippen molar-refractivity contribution >= 4 is 23.8 Å². The molecule has 0 unspecified atom stereocenters. The summed E-state index contributed by atoms with van der Waals surface area (Å²) in [6, 6.07) is 17.0. The van der Waals surface area contributed by atoms with Crippen molar-refractivity contribution in [2.45, 2.75) is 52.4 Å². The zero-order valence-electron chi connectivity index (χ0n) is 19.4. The molecule has 0 saturated heterocycles. The number of hydrogen-bond acceptors (Lipinski definition) is 4. The van der Waals surface area contributed by atoms with Crippen LogP contribution in [0.5, 0.6) is 5.75 Å². The Balaban J connectivity index is 0.00000363. The smallest absolute Gasteiger partial charge is 0.128 e. The van der Waals surface area contributed by atoms with E-state index in [0.29, 0.717) is 16.9 Å². The summed E-state index contributed by atoms with van der Waals surface area (Å²) < 4.78 is 0. The third-order valence-corrected chi connectivity index (χ3v) is 4.96. The van der Waals surface area contributed by atoms with Crippen molar-refractivity contribution in [2.24, 2.45) is 9.98 Å². The maximum absolute atomic E-state index is 10.7. The third kappa shape index (κ3) is 6.74. The van der Waals surface area contributed by atoms with Crippen molar-refractivity contribution in [1.29, 1.82) is 0 Å². The number of aromatic hydroxyl groups is 1. The molecule has 0 aliphatic rings. The summed E-state index contributed by atoms with van der Waals surface area (Å²) in [4.78, 5) is 13.4. The van der Waals surface area contributed by atoms with E-state index in [1.54, 1.807) is 24.8 Å². The van der Waals surface area contributed by atoms with Gasteiger partial charge >= 0.3 is 0 Å². The summed E-state index contributed by atoms with van der Waals surface area (Å²) >= 11 is 0. The number of para-hydroxylation sites is 1.